The molecule has 138 valence electrons. The summed E-state index contributed by atoms with van der Waals surface area (Å²) in [4.78, 5) is 18.9. The standard InChI is InChI=1S/C19H19N3O2.2ClH/c1-12-7-8-17-16(21-12)9-18(24-17)19(23)22-10-14(15(20)11-22)13-5-3-2-4-6-13;;/h2-9,14-15H,10-11,20H2,1H3;2*1H/t14-,15+;;/m0../s1. The smallest absolute Gasteiger partial charge is 0.289 e. The lowest BCUT2D eigenvalue weighted by Crippen LogP contribution is -2.32. The van der Waals surface area contributed by atoms with Gasteiger partial charge in [0.1, 0.15) is 5.52 Å². The van der Waals surface area contributed by atoms with Crippen LogP contribution in [0.15, 0.2) is 52.9 Å². The van der Waals surface area contributed by atoms with E-state index in [9.17, 15) is 4.79 Å². The first kappa shape index (κ1) is 20.2. The molecule has 1 amide bonds. The van der Waals surface area contributed by atoms with Crippen molar-refractivity contribution in [2.75, 3.05) is 13.1 Å². The number of pyridine rings is 1. The molecule has 2 aromatic heterocycles. The van der Waals surface area contributed by atoms with Crippen LogP contribution in [0.4, 0.5) is 0 Å². The quantitative estimate of drug-likeness (QED) is 0.722. The number of hydrogen-bond acceptors (Lipinski definition) is 4. The molecular formula is C19H21Cl2N3O2. The number of nitrogens with zero attached hydrogens (tertiary/aromatic N) is 2. The zero-order valence-corrected chi connectivity index (χ0v) is 15.9. The maximum Gasteiger partial charge on any atom is 0.289 e. The Morgan fingerprint density at radius 1 is 1.15 bits per heavy atom. The number of rotatable bonds is 2. The molecule has 3 heterocycles. The van der Waals surface area contributed by atoms with E-state index in [0.717, 1.165) is 5.69 Å². The summed E-state index contributed by atoms with van der Waals surface area (Å²) in [5.74, 6) is 0.350. The molecule has 0 aliphatic carbocycles. The van der Waals surface area contributed by atoms with Gasteiger partial charge >= 0.3 is 0 Å². The van der Waals surface area contributed by atoms with E-state index in [0.29, 0.717) is 29.9 Å². The van der Waals surface area contributed by atoms with Crippen LogP contribution in [0.5, 0.6) is 0 Å². The summed E-state index contributed by atoms with van der Waals surface area (Å²) in [6.07, 6.45) is 0. The van der Waals surface area contributed by atoms with Crippen LogP contribution in [0.1, 0.15) is 27.7 Å². The third kappa shape index (κ3) is 3.70. The summed E-state index contributed by atoms with van der Waals surface area (Å²) in [6, 6.07) is 15.5. The SMILES string of the molecule is Cc1ccc2oc(C(=O)N3C[C@@H](N)[C@H](c4ccccc4)C3)cc2n1.Cl.Cl. The number of hydrogen-bond donors (Lipinski definition) is 1. The van der Waals surface area contributed by atoms with Gasteiger partial charge in [0, 0.05) is 36.8 Å². The first-order valence-electron chi connectivity index (χ1n) is 8.09. The average molecular weight is 394 g/mol. The highest BCUT2D eigenvalue weighted by molar-refractivity contribution is 5.95. The summed E-state index contributed by atoms with van der Waals surface area (Å²) in [5.41, 5.74) is 9.68. The van der Waals surface area contributed by atoms with Crippen molar-refractivity contribution in [3.63, 3.8) is 0 Å². The van der Waals surface area contributed by atoms with Crippen LogP contribution in [0.3, 0.4) is 0 Å². The molecular weight excluding hydrogens is 373 g/mol. The summed E-state index contributed by atoms with van der Waals surface area (Å²) in [7, 11) is 0. The van der Waals surface area contributed by atoms with Crippen molar-refractivity contribution in [1.29, 1.82) is 0 Å². The second-order valence-electron chi connectivity index (χ2n) is 6.34. The van der Waals surface area contributed by atoms with E-state index < -0.39 is 0 Å². The molecule has 5 nitrogen and oxygen atoms in total. The van der Waals surface area contributed by atoms with Gasteiger partial charge in [-0.25, -0.2) is 4.98 Å². The molecule has 7 heteroatoms. The second kappa shape index (κ2) is 8.08. The van der Waals surface area contributed by atoms with Gasteiger partial charge in [-0.15, -0.1) is 24.8 Å². The highest BCUT2D eigenvalue weighted by Gasteiger charge is 2.35. The van der Waals surface area contributed by atoms with E-state index in [1.165, 1.54) is 5.56 Å². The lowest BCUT2D eigenvalue weighted by molar-refractivity contribution is 0.0760. The van der Waals surface area contributed by atoms with Gasteiger partial charge in [0.25, 0.3) is 5.91 Å². The Morgan fingerprint density at radius 3 is 2.62 bits per heavy atom. The predicted octanol–water partition coefficient (Wildman–Crippen LogP) is 3.55. The number of likely N-dealkylation sites (tertiary alicyclic amines) is 1. The third-order valence-electron chi connectivity index (χ3n) is 4.60. The maximum absolute atomic E-state index is 12.8. The summed E-state index contributed by atoms with van der Waals surface area (Å²) in [5, 5.41) is 0. The van der Waals surface area contributed by atoms with Gasteiger partial charge in [0.2, 0.25) is 0 Å². The monoisotopic (exact) mass is 393 g/mol. The highest BCUT2D eigenvalue weighted by Crippen LogP contribution is 2.28. The van der Waals surface area contributed by atoms with Gasteiger partial charge in [-0.2, -0.15) is 0 Å². The van der Waals surface area contributed by atoms with Crippen molar-refractivity contribution in [3.8, 4) is 0 Å². The molecule has 2 N–H and O–H groups in total. The summed E-state index contributed by atoms with van der Waals surface area (Å²) in [6.45, 7) is 3.05. The number of carbonyl (C=O) groups is 1. The Morgan fingerprint density at radius 2 is 1.88 bits per heavy atom. The van der Waals surface area contributed by atoms with Gasteiger partial charge in [-0.3, -0.25) is 4.79 Å². The van der Waals surface area contributed by atoms with Crippen LogP contribution in [-0.2, 0) is 0 Å². The molecule has 1 fully saturated rings. The van der Waals surface area contributed by atoms with Gasteiger partial charge in [0.15, 0.2) is 11.3 Å². The van der Waals surface area contributed by atoms with E-state index in [4.69, 9.17) is 10.2 Å². The average Bonchev–Trinajstić information content (AvgIpc) is 3.18. The number of benzene rings is 1. The minimum Gasteiger partial charge on any atom is -0.449 e. The molecule has 0 unspecified atom stereocenters. The first-order valence-corrected chi connectivity index (χ1v) is 8.09. The topological polar surface area (TPSA) is 72.4 Å². The largest absolute Gasteiger partial charge is 0.449 e. The van der Waals surface area contributed by atoms with Crippen LogP contribution < -0.4 is 5.73 Å². The summed E-state index contributed by atoms with van der Waals surface area (Å²) < 4.78 is 5.68. The first-order chi connectivity index (χ1) is 11.6. The van der Waals surface area contributed by atoms with Crippen LogP contribution in [0.2, 0.25) is 0 Å². The number of aryl methyl sites for hydroxylation is 1. The van der Waals surface area contributed by atoms with E-state index >= 15 is 0 Å². The lowest BCUT2D eigenvalue weighted by atomic mass is 9.95. The van der Waals surface area contributed by atoms with Crippen molar-refractivity contribution >= 4 is 41.8 Å². The fraction of sp³-hybridized carbons (Fsp3) is 0.263. The normalized spacial score (nSPS) is 19.1. The molecule has 0 saturated carbocycles. The van der Waals surface area contributed by atoms with Crippen molar-refractivity contribution in [2.24, 2.45) is 5.73 Å². The number of halogens is 2. The number of aromatic nitrogens is 1. The van der Waals surface area contributed by atoms with E-state index in [1.54, 1.807) is 11.0 Å². The van der Waals surface area contributed by atoms with Gasteiger partial charge < -0.3 is 15.1 Å². The van der Waals surface area contributed by atoms with Gasteiger partial charge in [-0.05, 0) is 24.6 Å². The molecule has 1 saturated heterocycles. The minimum atomic E-state index is -0.125. The van der Waals surface area contributed by atoms with E-state index in [2.05, 4.69) is 17.1 Å². The van der Waals surface area contributed by atoms with Gasteiger partial charge in [-0.1, -0.05) is 30.3 Å². The molecule has 0 bridgehead atoms. The fourth-order valence-corrected chi connectivity index (χ4v) is 3.33. The Balaban J connectivity index is 0.00000121. The lowest BCUT2D eigenvalue weighted by Gasteiger charge is -2.15. The third-order valence-corrected chi connectivity index (χ3v) is 4.60. The zero-order valence-electron chi connectivity index (χ0n) is 14.3. The summed E-state index contributed by atoms with van der Waals surface area (Å²) >= 11 is 0. The van der Waals surface area contributed by atoms with Gasteiger partial charge in [0.05, 0.1) is 0 Å². The molecule has 1 aliphatic rings. The Bertz CT molecular complexity index is 898. The maximum atomic E-state index is 12.8. The van der Waals surface area contributed by atoms with Crippen LogP contribution in [0.25, 0.3) is 11.1 Å². The molecule has 1 aliphatic heterocycles. The van der Waals surface area contributed by atoms with Crippen molar-refractivity contribution in [3.05, 3.63) is 65.5 Å². The van der Waals surface area contributed by atoms with Crippen LogP contribution in [0, 0.1) is 6.92 Å². The second-order valence-corrected chi connectivity index (χ2v) is 6.34. The van der Waals surface area contributed by atoms with Crippen molar-refractivity contribution in [1.82, 2.24) is 9.88 Å². The predicted molar refractivity (Wildman–Crippen MR) is 106 cm³/mol. The van der Waals surface area contributed by atoms with E-state index in [-0.39, 0.29) is 42.7 Å². The Labute approximate surface area is 164 Å². The molecule has 0 radical (unpaired) electrons. The number of amides is 1. The molecule has 0 spiro atoms. The molecule has 26 heavy (non-hydrogen) atoms. The van der Waals surface area contributed by atoms with Crippen LogP contribution >= 0.6 is 24.8 Å². The molecule has 1 aromatic carbocycles. The number of fused-ring (bicyclic) bond motifs is 1. The van der Waals surface area contributed by atoms with E-state index in [1.807, 2.05) is 37.3 Å². The highest BCUT2D eigenvalue weighted by atomic mass is 35.5. The number of nitrogens with two attached hydrogens (primary N) is 1. The minimum absolute atomic E-state index is 0. The molecule has 2 atom stereocenters. The Kier molecular flexibility index (Phi) is 6.29. The van der Waals surface area contributed by atoms with Crippen molar-refractivity contribution < 1.29 is 9.21 Å². The Hall–Kier alpha value is -2.08. The molecule has 4 rings (SSSR count). The fourth-order valence-electron chi connectivity index (χ4n) is 3.33. The van der Waals surface area contributed by atoms with Crippen LogP contribution in [-0.4, -0.2) is 34.9 Å². The zero-order chi connectivity index (χ0) is 16.7. The molecule has 3 aromatic rings. The number of carbonyl (C=O) groups excluding carboxylic acids is 1. The number of furan rings is 1. The van der Waals surface area contributed by atoms with Crippen molar-refractivity contribution in [2.45, 2.75) is 18.9 Å².